The molecule has 1 saturated carbocycles. The Hall–Kier alpha value is -1.35. The lowest BCUT2D eigenvalue weighted by Gasteiger charge is -2.13. The number of hydrogen-bond acceptors (Lipinski definition) is 2. The van der Waals surface area contributed by atoms with E-state index in [4.69, 9.17) is 0 Å². The molecule has 0 bridgehead atoms. The maximum Gasteiger partial charge on any atom is 0.230 e. The fourth-order valence-electron chi connectivity index (χ4n) is 2.07. The zero-order valence-corrected chi connectivity index (χ0v) is 10.5. The van der Waals surface area contributed by atoms with Gasteiger partial charge in [0.05, 0.1) is 0 Å². The highest BCUT2D eigenvalue weighted by atomic mass is 16.2. The van der Waals surface area contributed by atoms with Crippen LogP contribution >= 0.6 is 0 Å². The quantitative estimate of drug-likeness (QED) is 0.819. The highest BCUT2D eigenvalue weighted by molar-refractivity contribution is 5.97. The number of rotatable bonds is 5. The molecule has 0 aliphatic heterocycles. The average Bonchev–Trinajstić information content (AvgIpc) is 3.13. The molecule has 92 valence electrons. The molecule has 0 unspecified atom stereocenters. The molecule has 2 N–H and O–H groups in total. The van der Waals surface area contributed by atoms with E-state index in [2.05, 4.69) is 17.6 Å². The van der Waals surface area contributed by atoms with E-state index in [1.807, 2.05) is 31.3 Å². The molecule has 1 aliphatic rings. The first-order valence-corrected chi connectivity index (χ1v) is 6.25. The lowest BCUT2D eigenvalue weighted by atomic mass is 10.0. The van der Waals surface area contributed by atoms with Gasteiger partial charge >= 0.3 is 0 Å². The number of carbonyl (C=O) groups excluding carboxylic acids is 1. The smallest absolute Gasteiger partial charge is 0.230 e. The molecule has 0 heterocycles. The summed E-state index contributed by atoms with van der Waals surface area (Å²) in [6.07, 6.45) is 3.01. The summed E-state index contributed by atoms with van der Waals surface area (Å²) in [6.45, 7) is 2.94. The largest absolute Gasteiger partial charge is 0.326 e. The number of benzene rings is 1. The van der Waals surface area contributed by atoms with Crippen LogP contribution in [0.4, 0.5) is 5.69 Å². The van der Waals surface area contributed by atoms with Crippen LogP contribution in [0.25, 0.3) is 0 Å². The third-order valence-electron chi connectivity index (χ3n) is 3.60. The van der Waals surface area contributed by atoms with E-state index < -0.39 is 0 Å². The first-order valence-electron chi connectivity index (χ1n) is 6.25. The van der Waals surface area contributed by atoms with Crippen LogP contribution in [0.15, 0.2) is 24.3 Å². The van der Waals surface area contributed by atoms with Gasteiger partial charge in [0.1, 0.15) is 0 Å². The van der Waals surface area contributed by atoms with Gasteiger partial charge in [-0.2, -0.15) is 0 Å². The molecule has 17 heavy (non-hydrogen) atoms. The van der Waals surface area contributed by atoms with E-state index in [-0.39, 0.29) is 11.3 Å². The molecular formula is C14H20N2O. The molecule has 0 spiro atoms. The second-order valence-corrected chi connectivity index (χ2v) is 4.82. The first kappa shape index (κ1) is 12.1. The zero-order valence-electron chi connectivity index (χ0n) is 10.5. The number of amides is 1. The minimum atomic E-state index is -0.0658. The Bertz CT molecular complexity index is 393. The van der Waals surface area contributed by atoms with Crippen molar-refractivity contribution in [2.45, 2.75) is 32.7 Å². The van der Waals surface area contributed by atoms with Crippen molar-refractivity contribution in [3.8, 4) is 0 Å². The molecule has 1 amide bonds. The predicted octanol–water partition coefficient (Wildman–Crippen LogP) is 2.53. The number of nitrogens with one attached hydrogen (secondary N) is 2. The Morgan fingerprint density at radius 3 is 2.41 bits per heavy atom. The maximum atomic E-state index is 12.0. The van der Waals surface area contributed by atoms with Crippen molar-refractivity contribution >= 4 is 11.6 Å². The van der Waals surface area contributed by atoms with Gasteiger partial charge in [0.25, 0.3) is 0 Å². The molecule has 3 nitrogen and oxygen atoms in total. The predicted molar refractivity (Wildman–Crippen MR) is 69.8 cm³/mol. The molecule has 0 atom stereocenters. The van der Waals surface area contributed by atoms with Gasteiger partial charge in [-0.25, -0.2) is 0 Å². The van der Waals surface area contributed by atoms with Crippen LogP contribution in [0.3, 0.4) is 0 Å². The van der Waals surface area contributed by atoms with E-state index in [9.17, 15) is 4.79 Å². The van der Waals surface area contributed by atoms with Crippen molar-refractivity contribution in [1.29, 1.82) is 0 Å². The standard InChI is InChI=1S/C14H20N2O/c1-3-14(8-9-14)13(17)16-12-6-4-11(5-7-12)10-15-2/h4-7,15H,3,8-10H2,1-2H3,(H,16,17). The molecule has 0 saturated heterocycles. The molecule has 2 rings (SSSR count). The van der Waals surface area contributed by atoms with Gasteiger partial charge in [0.2, 0.25) is 5.91 Å². The molecule has 3 heteroatoms. The molecule has 0 radical (unpaired) electrons. The minimum absolute atomic E-state index is 0.0658. The van der Waals surface area contributed by atoms with Gasteiger partial charge in [-0.3, -0.25) is 4.79 Å². The molecule has 1 aliphatic carbocycles. The molecule has 1 aromatic carbocycles. The lowest BCUT2D eigenvalue weighted by Crippen LogP contribution is -2.23. The second-order valence-electron chi connectivity index (χ2n) is 4.82. The van der Waals surface area contributed by atoms with Crippen LogP contribution in [-0.2, 0) is 11.3 Å². The van der Waals surface area contributed by atoms with Crippen LogP contribution in [0.5, 0.6) is 0 Å². The molecule has 1 aromatic rings. The SMILES string of the molecule is CCC1(C(=O)Nc2ccc(CNC)cc2)CC1. The van der Waals surface area contributed by atoms with Crippen molar-refractivity contribution in [3.05, 3.63) is 29.8 Å². The van der Waals surface area contributed by atoms with Gasteiger partial charge < -0.3 is 10.6 Å². The van der Waals surface area contributed by atoms with Crippen LogP contribution in [0.2, 0.25) is 0 Å². The summed E-state index contributed by atoms with van der Waals surface area (Å²) in [5, 5.41) is 6.11. The Balaban J connectivity index is 1.97. The molecular weight excluding hydrogens is 212 g/mol. The highest BCUT2D eigenvalue weighted by Gasteiger charge is 2.47. The number of hydrogen-bond donors (Lipinski definition) is 2. The van der Waals surface area contributed by atoms with Gasteiger partial charge in [-0.15, -0.1) is 0 Å². The minimum Gasteiger partial charge on any atom is -0.326 e. The summed E-state index contributed by atoms with van der Waals surface area (Å²) >= 11 is 0. The lowest BCUT2D eigenvalue weighted by molar-refractivity contribution is -0.121. The molecule has 1 fully saturated rings. The van der Waals surface area contributed by atoms with Crippen molar-refractivity contribution < 1.29 is 4.79 Å². The summed E-state index contributed by atoms with van der Waals surface area (Å²) in [7, 11) is 1.92. The fraction of sp³-hybridized carbons (Fsp3) is 0.500. The van der Waals surface area contributed by atoms with E-state index in [1.54, 1.807) is 0 Å². The van der Waals surface area contributed by atoms with Crippen LogP contribution in [0, 0.1) is 5.41 Å². The van der Waals surface area contributed by atoms with Crippen molar-refractivity contribution in [2.75, 3.05) is 12.4 Å². The molecule has 0 aromatic heterocycles. The van der Waals surface area contributed by atoms with Gasteiger partial charge in [-0.05, 0) is 44.0 Å². The van der Waals surface area contributed by atoms with E-state index in [1.165, 1.54) is 5.56 Å². The number of anilines is 1. The Morgan fingerprint density at radius 2 is 1.94 bits per heavy atom. The summed E-state index contributed by atoms with van der Waals surface area (Å²) in [6, 6.07) is 8.02. The van der Waals surface area contributed by atoms with Gasteiger partial charge in [-0.1, -0.05) is 19.1 Å². The van der Waals surface area contributed by atoms with Crippen molar-refractivity contribution in [3.63, 3.8) is 0 Å². The summed E-state index contributed by atoms with van der Waals surface area (Å²) < 4.78 is 0. The summed E-state index contributed by atoms with van der Waals surface area (Å²) in [5.41, 5.74) is 2.06. The van der Waals surface area contributed by atoms with E-state index in [0.29, 0.717) is 0 Å². The van der Waals surface area contributed by atoms with Crippen molar-refractivity contribution in [2.24, 2.45) is 5.41 Å². The number of carbonyl (C=O) groups is 1. The Morgan fingerprint density at radius 1 is 1.29 bits per heavy atom. The van der Waals surface area contributed by atoms with E-state index in [0.717, 1.165) is 31.5 Å². The van der Waals surface area contributed by atoms with Gasteiger partial charge in [0, 0.05) is 17.6 Å². The van der Waals surface area contributed by atoms with Gasteiger partial charge in [0.15, 0.2) is 0 Å². The summed E-state index contributed by atoms with van der Waals surface area (Å²) in [4.78, 5) is 12.0. The third-order valence-corrected chi connectivity index (χ3v) is 3.60. The first-order chi connectivity index (χ1) is 8.20. The topological polar surface area (TPSA) is 41.1 Å². The normalized spacial score (nSPS) is 16.6. The average molecular weight is 232 g/mol. The van der Waals surface area contributed by atoms with Crippen LogP contribution in [0.1, 0.15) is 31.7 Å². The summed E-state index contributed by atoms with van der Waals surface area (Å²) in [5.74, 6) is 0.182. The second kappa shape index (κ2) is 4.88. The zero-order chi connectivity index (χ0) is 12.3. The third kappa shape index (κ3) is 2.67. The van der Waals surface area contributed by atoms with Crippen LogP contribution in [-0.4, -0.2) is 13.0 Å². The van der Waals surface area contributed by atoms with Crippen LogP contribution < -0.4 is 10.6 Å². The Kier molecular flexibility index (Phi) is 3.48. The van der Waals surface area contributed by atoms with E-state index >= 15 is 0 Å². The fourth-order valence-corrected chi connectivity index (χ4v) is 2.07. The monoisotopic (exact) mass is 232 g/mol. The maximum absolute atomic E-state index is 12.0. The van der Waals surface area contributed by atoms with Crippen molar-refractivity contribution in [1.82, 2.24) is 5.32 Å². The Labute approximate surface area is 103 Å². The highest BCUT2D eigenvalue weighted by Crippen LogP contribution is 2.49.